The van der Waals surface area contributed by atoms with Crippen molar-refractivity contribution in [2.24, 2.45) is 0 Å². The fourth-order valence-electron chi connectivity index (χ4n) is 2.27. The van der Waals surface area contributed by atoms with Gasteiger partial charge in [0, 0.05) is 11.1 Å². The third-order valence-corrected chi connectivity index (χ3v) is 6.46. The number of aromatic nitrogens is 1. The minimum atomic E-state index is -3.25. The van der Waals surface area contributed by atoms with E-state index in [4.69, 9.17) is 5.11 Å². The molecule has 0 aliphatic carbocycles. The molecule has 1 atom stereocenters. The summed E-state index contributed by atoms with van der Waals surface area (Å²) in [4.78, 5) is 15.7. The first-order chi connectivity index (χ1) is 9.97. The smallest absolute Gasteiger partial charge is 0.354 e. The Morgan fingerprint density at radius 3 is 2.81 bits per heavy atom. The second-order valence-corrected chi connectivity index (χ2v) is 7.89. The van der Waals surface area contributed by atoms with Gasteiger partial charge in [-0.05, 0) is 23.8 Å². The van der Waals surface area contributed by atoms with Crippen LogP contribution in [0, 0.1) is 0 Å². The highest BCUT2D eigenvalue weighted by Gasteiger charge is 2.34. The van der Waals surface area contributed by atoms with Crippen LogP contribution in [0.3, 0.4) is 0 Å². The van der Waals surface area contributed by atoms with Gasteiger partial charge in [-0.1, -0.05) is 18.2 Å². The highest BCUT2D eigenvalue weighted by Crippen LogP contribution is 2.44. The summed E-state index contributed by atoms with van der Waals surface area (Å²) < 4.78 is 24.2. The van der Waals surface area contributed by atoms with E-state index in [-0.39, 0.29) is 16.7 Å². The molecule has 1 aromatic carbocycles. The topological polar surface area (TPSA) is 84.3 Å². The zero-order chi connectivity index (χ0) is 15.0. The average Bonchev–Trinajstić information content (AvgIpc) is 2.71. The molecule has 2 aromatic rings. The molecule has 0 bridgehead atoms. The van der Waals surface area contributed by atoms with Crippen LogP contribution in [0.5, 0.6) is 0 Å². The van der Waals surface area contributed by atoms with Crippen molar-refractivity contribution in [1.82, 2.24) is 4.98 Å². The van der Waals surface area contributed by atoms with Gasteiger partial charge in [0.2, 0.25) is 0 Å². The summed E-state index contributed by atoms with van der Waals surface area (Å²) in [5.74, 6) is -1.07. The first-order valence-corrected chi connectivity index (χ1v) is 8.68. The van der Waals surface area contributed by atoms with Crippen LogP contribution in [0.15, 0.2) is 52.4 Å². The summed E-state index contributed by atoms with van der Waals surface area (Å²) in [5, 5.41) is 8.72. The zero-order valence-corrected chi connectivity index (χ0v) is 12.4. The quantitative estimate of drug-likeness (QED) is 0.934. The molecule has 1 aromatic heterocycles. The normalized spacial score (nSPS) is 19.1. The molecule has 0 spiro atoms. The Morgan fingerprint density at radius 2 is 2.05 bits per heavy atom. The van der Waals surface area contributed by atoms with Gasteiger partial charge in [-0.3, -0.25) is 0 Å². The first kappa shape index (κ1) is 14.1. The highest BCUT2D eigenvalue weighted by atomic mass is 32.2. The van der Waals surface area contributed by atoms with E-state index in [0.717, 1.165) is 5.56 Å². The van der Waals surface area contributed by atoms with Crippen LogP contribution in [0.25, 0.3) is 0 Å². The van der Waals surface area contributed by atoms with E-state index in [9.17, 15) is 13.2 Å². The van der Waals surface area contributed by atoms with Crippen molar-refractivity contribution in [3.8, 4) is 0 Å². The second kappa shape index (κ2) is 5.16. The number of pyridine rings is 1. The maximum Gasteiger partial charge on any atom is 0.354 e. The summed E-state index contributed by atoms with van der Waals surface area (Å²) in [7, 11) is -3.25. The van der Waals surface area contributed by atoms with Crippen LogP contribution in [-0.2, 0) is 9.84 Å². The average molecular weight is 321 g/mol. The van der Waals surface area contributed by atoms with Crippen molar-refractivity contribution in [3.63, 3.8) is 0 Å². The molecule has 1 unspecified atom stereocenters. The van der Waals surface area contributed by atoms with Crippen molar-refractivity contribution in [1.29, 1.82) is 0 Å². The number of carboxylic acids is 1. The number of hydrogen-bond donors (Lipinski definition) is 1. The molecular formula is C14H11NO4S2. The number of fused-ring (bicyclic) bond motifs is 1. The van der Waals surface area contributed by atoms with E-state index in [2.05, 4.69) is 4.98 Å². The first-order valence-electron chi connectivity index (χ1n) is 6.15. The zero-order valence-electron chi connectivity index (χ0n) is 10.8. The molecule has 0 amide bonds. The van der Waals surface area contributed by atoms with Crippen molar-refractivity contribution in [2.75, 3.05) is 5.75 Å². The van der Waals surface area contributed by atoms with Gasteiger partial charge in [0.05, 0.1) is 15.9 Å². The molecular weight excluding hydrogens is 310 g/mol. The van der Waals surface area contributed by atoms with E-state index in [0.29, 0.717) is 9.79 Å². The Hall–Kier alpha value is -1.86. The molecule has 0 fully saturated rings. The van der Waals surface area contributed by atoms with Crippen molar-refractivity contribution >= 4 is 27.6 Å². The van der Waals surface area contributed by atoms with Gasteiger partial charge >= 0.3 is 5.97 Å². The molecule has 0 radical (unpaired) electrons. The number of sulfone groups is 1. The van der Waals surface area contributed by atoms with Crippen LogP contribution < -0.4 is 0 Å². The third-order valence-electron chi connectivity index (χ3n) is 3.20. The molecule has 108 valence electrons. The van der Waals surface area contributed by atoms with Crippen LogP contribution in [0.2, 0.25) is 0 Å². The highest BCUT2D eigenvalue weighted by molar-refractivity contribution is 8.01. The fraction of sp³-hybridized carbons (Fsp3) is 0.143. The lowest BCUT2D eigenvalue weighted by molar-refractivity contribution is 0.0690. The van der Waals surface area contributed by atoms with E-state index in [1.54, 1.807) is 24.3 Å². The Labute approximate surface area is 126 Å². The number of rotatable bonds is 3. The van der Waals surface area contributed by atoms with E-state index in [1.165, 1.54) is 24.0 Å². The molecule has 0 saturated heterocycles. The van der Waals surface area contributed by atoms with Gasteiger partial charge in [0.15, 0.2) is 9.84 Å². The minimum absolute atomic E-state index is 0.0295. The number of hydrogen-bond acceptors (Lipinski definition) is 5. The van der Waals surface area contributed by atoms with Gasteiger partial charge in [0.25, 0.3) is 0 Å². The standard InChI is InChI=1S/C14H11NO4S2/c16-14(17)11-7-9(5-6-15-11)20-12-8-21(18,19)13-4-2-1-3-10(12)13/h1-7,12H,8H2,(H,16,17). The summed E-state index contributed by atoms with van der Waals surface area (Å²) in [6, 6.07) is 10.1. The third kappa shape index (κ3) is 2.66. The van der Waals surface area contributed by atoms with Gasteiger partial charge in [-0.2, -0.15) is 0 Å². The largest absolute Gasteiger partial charge is 0.477 e. The number of carbonyl (C=O) groups is 1. The molecule has 1 aliphatic rings. The van der Waals surface area contributed by atoms with Crippen molar-refractivity contribution in [3.05, 3.63) is 53.9 Å². The second-order valence-electron chi connectivity index (χ2n) is 4.61. The lowest BCUT2D eigenvalue weighted by Crippen LogP contribution is -2.02. The Morgan fingerprint density at radius 1 is 1.29 bits per heavy atom. The Bertz CT molecular complexity index is 817. The summed E-state index contributed by atoms with van der Waals surface area (Å²) in [6.45, 7) is 0. The van der Waals surface area contributed by atoms with Crippen LogP contribution in [-0.4, -0.2) is 30.2 Å². The number of aromatic carboxylic acids is 1. The molecule has 7 heteroatoms. The van der Waals surface area contributed by atoms with E-state index < -0.39 is 15.8 Å². The summed E-state index contributed by atoms with van der Waals surface area (Å²) in [5.41, 5.74) is 0.727. The lowest BCUT2D eigenvalue weighted by atomic mass is 10.2. The molecule has 1 aliphatic heterocycles. The van der Waals surface area contributed by atoms with Gasteiger partial charge in [0.1, 0.15) is 5.69 Å². The number of carboxylic acid groups (broad SMARTS) is 1. The van der Waals surface area contributed by atoms with Gasteiger partial charge < -0.3 is 5.11 Å². The molecule has 21 heavy (non-hydrogen) atoms. The van der Waals surface area contributed by atoms with Crippen LogP contribution in [0.4, 0.5) is 0 Å². The Kier molecular flexibility index (Phi) is 3.46. The molecule has 1 N–H and O–H groups in total. The predicted molar refractivity (Wildman–Crippen MR) is 78.3 cm³/mol. The van der Waals surface area contributed by atoms with E-state index >= 15 is 0 Å². The minimum Gasteiger partial charge on any atom is -0.477 e. The summed E-state index contributed by atoms with van der Waals surface area (Å²) >= 11 is 1.35. The van der Waals surface area contributed by atoms with Gasteiger partial charge in [-0.25, -0.2) is 18.2 Å². The monoisotopic (exact) mass is 321 g/mol. The maximum atomic E-state index is 12.1. The predicted octanol–water partition coefficient (Wildman–Crippen LogP) is 2.40. The van der Waals surface area contributed by atoms with Crippen molar-refractivity contribution in [2.45, 2.75) is 15.0 Å². The molecule has 2 heterocycles. The number of thioether (sulfide) groups is 1. The van der Waals surface area contributed by atoms with E-state index in [1.807, 2.05) is 6.07 Å². The van der Waals surface area contributed by atoms with Crippen molar-refractivity contribution < 1.29 is 18.3 Å². The lowest BCUT2D eigenvalue weighted by Gasteiger charge is -2.09. The van der Waals surface area contributed by atoms with Gasteiger partial charge in [-0.15, -0.1) is 11.8 Å². The van der Waals surface area contributed by atoms with Crippen LogP contribution >= 0.6 is 11.8 Å². The number of benzene rings is 1. The Balaban J connectivity index is 1.94. The molecule has 5 nitrogen and oxygen atoms in total. The number of nitrogens with zero attached hydrogens (tertiary/aromatic N) is 1. The summed E-state index contributed by atoms with van der Waals surface area (Å²) in [6.07, 6.45) is 1.42. The maximum absolute atomic E-state index is 12.1. The SMILES string of the molecule is O=C(O)c1cc(SC2CS(=O)(=O)c3ccccc32)ccn1. The fourth-order valence-corrected chi connectivity index (χ4v) is 5.75. The van der Waals surface area contributed by atoms with Crippen LogP contribution in [0.1, 0.15) is 21.3 Å². The molecule has 0 saturated carbocycles. The molecule has 3 rings (SSSR count).